The summed E-state index contributed by atoms with van der Waals surface area (Å²) >= 11 is 1.13. The van der Waals surface area contributed by atoms with Gasteiger partial charge in [-0.15, -0.1) is 11.3 Å². The van der Waals surface area contributed by atoms with Gasteiger partial charge in [-0.3, -0.25) is 4.79 Å². The van der Waals surface area contributed by atoms with Gasteiger partial charge in [0, 0.05) is 6.04 Å². The lowest BCUT2D eigenvalue weighted by Gasteiger charge is -2.17. The van der Waals surface area contributed by atoms with Crippen LogP contribution in [0.15, 0.2) is 0 Å². The minimum atomic E-state index is -0.603. The average molecular weight is 252 g/mol. The smallest absolute Gasteiger partial charge is 0.261 e. The van der Waals surface area contributed by atoms with Crippen molar-refractivity contribution in [3.8, 4) is 6.07 Å². The molecule has 0 aliphatic rings. The van der Waals surface area contributed by atoms with Gasteiger partial charge in [-0.2, -0.15) is 5.26 Å². The number of thiophene rings is 1. The number of carbonyl (C=O) groups excluding carboxylic acids is 1. The fourth-order valence-corrected chi connectivity index (χ4v) is 2.23. The summed E-state index contributed by atoms with van der Waals surface area (Å²) in [5.74, 6) is -0.198. The number of anilines is 2. The Morgan fingerprint density at radius 1 is 1.47 bits per heavy atom. The van der Waals surface area contributed by atoms with E-state index in [1.165, 1.54) is 0 Å². The van der Waals surface area contributed by atoms with E-state index in [9.17, 15) is 4.79 Å². The van der Waals surface area contributed by atoms with Crippen molar-refractivity contribution in [3.05, 3.63) is 10.4 Å². The van der Waals surface area contributed by atoms with Gasteiger partial charge in [0.2, 0.25) is 0 Å². The first-order chi connectivity index (χ1) is 7.88. The fourth-order valence-electron chi connectivity index (χ4n) is 1.21. The van der Waals surface area contributed by atoms with Crippen LogP contribution in [0.5, 0.6) is 0 Å². The standard InChI is InChI=1S/C11H16N4OS/c1-5(2)6(3)15-11-7(4-12)8(13)9(17-11)10(14)16/h5-6,15H,13H2,1-3H3,(H2,14,16). The summed E-state index contributed by atoms with van der Waals surface area (Å²) < 4.78 is 0. The van der Waals surface area contributed by atoms with Crippen LogP contribution < -0.4 is 16.8 Å². The van der Waals surface area contributed by atoms with E-state index in [-0.39, 0.29) is 16.6 Å². The maximum Gasteiger partial charge on any atom is 0.261 e. The molecule has 0 spiro atoms. The van der Waals surface area contributed by atoms with Crippen molar-refractivity contribution in [2.45, 2.75) is 26.8 Å². The number of amides is 1. The molecule has 6 heteroatoms. The lowest BCUT2D eigenvalue weighted by Crippen LogP contribution is -2.21. The van der Waals surface area contributed by atoms with Gasteiger partial charge in [0.25, 0.3) is 5.91 Å². The van der Waals surface area contributed by atoms with Crippen molar-refractivity contribution in [2.75, 3.05) is 11.1 Å². The van der Waals surface area contributed by atoms with Gasteiger partial charge < -0.3 is 16.8 Å². The maximum absolute atomic E-state index is 11.1. The number of nitrogens with zero attached hydrogens (tertiary/aromatic N) is 1. The average Bonchev–Trinajstić information content (AvgIpc) is 2.54. The van der Waals surface area contributed by atoms with Crippen LogP contribution in [-0.2, 0) is 0 Å². The second-order valence-corrected chi connectivity index (χ2v) is 5.22. The van der Waals surface area contributed by atoms with Gasteiger partial charge in [-0.25, -0.2) is 0 Å². The van der Waals surface area contributed by atoms with Gasteiger partial charge in [-0.05, 0) is 12.8 Å². The second kappa shape index (κ2) is 5.06. The highest BCUT2D eigenvalue weighted by Gasteiger charge is 2.20. The third-order valence-corrected chi connectivity index (χ3v) is 3.79. The molecule has 0 bridgehead atoms. The molecule has 0 aromatic carbocycles. The van der Waals surface area contributed by atoms with Crippen LogP contribution in [0.25, 0.3) is 0 Å². The van der Waals surface area contributed by atoms with Gasteiger partial charge in [0.05, 0.1) is 5.69 Å². The first-order valence-corrected chi connectivity index (χ1v) is 6.08. The van der Waals surface area contributed by atoms with Crippen LogP contribution >= 0.6 is 11.3 Å². The van der Waals surface area contributed by atoms with Crippen molar-refractivity contribution >= 4 is 27.9 Å². The van der Waals surface area contributed by atoms with E-state index in [0.717, 1.165) is 11.3 Å². The number of nitriles is 1. The van der Waals surface area contributed by atoms with E-state index in [4.69, 9.17) is 16.7 Å². The molecule has 0 radical (unpaired) electrons. The van der Waals surface area contributed by atoms with Crippen molar-refractivity contribution in [2.24, 2.45) is 11.7 Å². The Kier molecular flexibility index (Phi) is 3.97. The van der Waals surface area contributed by atoms with E-state index in [1.54, 1.807) is 0 Å². The van der Waals surface area contributed by atoms with Crippen LogP contribution in [0.1, 0.15) is 36.0 Å². The molecule has 1 amide bonds. The third-order valence-electron chi connectivity index (χ3n) is 2.64. The Labute approximate surface area is 104 Å². The van der Waals surface area contributed by atoms with E-state index >= 15 is 0 Å². The van der Waals surface area contributed by atoms with Crippen LogP contribution in [-0.4, -0.2) is 11.9 Å². The molecular formula is C11H16N4OS. The quantitative estimate of drug-likeness (QED) is 0.759. The highest BCUT2D eigenvalue weighted by atomic mass is 32.1. The van der Waals surface area contributed by atoms with E-state index in [0.29, 0.717) is 16.5 Å². The molecule has 1 rings (SSSR count). The number of nitrogens with two attached hydrogens (primary N) is 2. The van der Waals surface area contributed by atoms with Gasteiger partial charge in [-0.1, -0.05) is 13.8 Å². The third kappa shape index (κ3) is 2.68. The highest BCUT2D eigenvalue weighted by Crippen LogP contribution is 2.35. The summed E-state index contributed by atoms with van der Waals surface area (Å²) in [5, 5.41) is 12.8. The predicted molar refractivity (Wildman–Crippen MR) is 69.9 cm³/mol. The Hall–Kier alpha value is -1.74. The van der Waals surface area contributed by atoms with Crippen molar-refractivity contribution in [1.82, 2.24) is 0 Å². The molecule has 5 nitrogen and oxygen atoms in total. The van der Waals surface area contributed by atoms with Crippen LogP contribution in [0, 0.1) is 17.2 Å². The molecule has 0 fully saturated rings. The fraction of sp³-hybridized carbons (Fsp3) is 0.455. The summed E-state index contributed by atoms with van der Waals surface area (Å²) in [7, 11) is 0. The van der Waals surface area contributed by atoms with E-state index in [1.807, 2.05) is 13.0 Å². The molecule has 92 valence electrons. The van der Waals surface area contributed by atoms with Gasteiger partial charge in [0.15, 0.2) is 0 Å². The SMILES string of the molecule is CC(C)C(C)Nc1sc(C(N)=O)c(N)c1C#N. The summed E-state index contributed by atoms with van der Waals surface area (Å²) in [4.78, 5) is 11.4. The summed E-state index contributed by atoms with van der Waals surface area (Å²) in [5.41, 5.74) is 11.4. The minimum absolute atomic E-state index is 0.170. The first-order valence-electron chi connectivity index (χ1n) is 5.27. The second-order valence-electron chi connectivity index (χ2n) is 4.20. The van der Waals surface area contributed by atoms with Crippen LogP contribution in [0.4, 0.5) is 10.7 Å². The number of nitrogen functional groups attached to an aromatic ring is 1. The monoisotopic (exact) mass is 252 g/mol. The van der Waals surface area contributed by atoms with E-state index in [2.05, 4.69) is 19.2 Å². The molecule has 0 saturated heterocycles. The lowest BCUT2D eigenvalue weighted by atomic mass is 10.1. The zero-order chi connectivity index (χ0) is 13.2. The Bertz CT molecular complexity index is 473. The zero-order valence-electron chi connectivity index (χ0n) is 10.1. The van der Waals surface area contributed by atoms with Crippen molar-refractivity contribution < 1.29 is 4.79 Å². The molecule has 1 heterocycles. The number of carbonyl (C=O) groups is 1. The minimum Gasteiger partial charge on any atom is -0.396 e. The number of rotatable bonds is 4. The summed E-state index contributed by atoms with van der Waals surface area (Å²) in [6.45, 7) is 6.14. The zero-order valence-corrected chi connectivity index (χ0v) is 10.9. The summed E-state index contributed by atoms with van der Waals surface area (Å²) in [6, 6.07) is 2.18. The van der Waals surface area contributed by atoms with Gasteiger partial charge in [0.1, 0.15) is 21.5 Å². The number of nitrogens with one attached hydrogen (secondary N) is 1. The van der Waals surface area contributed by atoms with Crippen LogP contribution in [0.2, 0.25) is 0 Å². The molecule has 17 heavy (non-hydrogen) atoms. The van der Waals surface area contributed by atoms with Crippen molar-refractivity contribution in [3.63, 3.8) is 0 Å². The number of primary amides is 1. The molecular weight excluding hydrogens is 236 g/mol. The van der Waals surface area contributed by atoms with Crippen LogP contribution in [0.3, 0.4) is 0 Å². The normalized spacial score (nSPS) is 12.2. The van der Waals surface area contributed by atoms with Crippen molar-refractivity contribution in [1.29, 1.82) is 5.26 Å². The molecule has 1 aromatic rings. The molecule has 0 saturated carbocycles. The predicted octanol–water partition coefficient (Wildman–Crippen LogP) is 1.76. The molecule has 1 aromatic heterocycles. The largest absolute Gasteiger partial charge is 0.396 e. The first kappa shape index (κ1) is 13.3. The molecule has 1 atom stereocenters. The highest BCUT2D eigenvalue weighted by molar-refractivity contribution is 7.18. The van der Waals surface area contributed by atoms with E-state index < -0.39 is 5.91 Å². The summed E-state index contributed by atoms with van der Waals surface area (Å²) in [6.07, 6.45) is 0. The lowest BCUT2D eigenvalue weighted by molar-refractivity contribution is 0.100. The number of hydrogen-bond acceptors (Lipinski definition) is 5. The Morgan fingerprint density at radius 2 is 2.06 bits per heavy atom. The topological polar surface area (TPSA) is 105 Å². The molecule has 5 N–H and O–H groups in total. The number of hydrogen-bond donors (Lipinski definition) is 3. The Morgan fingerprint density at radius 3 is 2.47 bits per heavy atom. The van der Waals surface area contributed by atoms with Gasteiger partial charge >= 0.3 is 0 Å². The molecule has 1 unspecified atom stereocenters. The maximum atomic E-state index is 11.1. The molecule has 0 aliphatic heterocycles. The Balaban J connectivity index is 3.13. The molecule has 0 aliphatic carbocycles.